The van der Waals surface area contributed by atoms with Crippen molar-refractivity contribution in [1.82, 2.24) is 10.3 Å². The maximum absolute atomic E-state index is 13.5. The lowest BCUT2D eigenvalue weighted by Crippen LogP contribution is -2.38. The highest BCUT2D eigenvalue weighted by Crippen LogP contribution is 2.35. The van der Waals surface area contributed by atoms with Crippen molar-refractivity contribution < 1.29 is 13.9 Å². The van der Waals surface area contributed by atoms with Crippen molar-refractivity contribution in [2.24, 2.45) is 4.99 Å². The monoisotopic (exact) mass is 407 g/mol. The summed E-state index contributed by atoms with van der Waals surface area (Å²) < 4.78 is 19.1. The summed E-state index contributed by atoms with van der Waals surface area (Å²) in [6.07, 6.45) is 1.67. The topological polar surface area (TPSA) is 63.6 Å². The zero-order valence-corrected chi connectivity index (χ0v) is 16.9. The maximum Gasteiger partial charge on any atom is 0.338 e. The lowest BCUT2D eigenvalue weighted by molar-refractivity contribution is -0.150. The van der Waals surface area contributed by atoms with E-state index in [2.05, 4.69) is 15.3 Å². The number of hydrogen-bond donors (Lipinski definition) is 1. The first-order valence-electron chi connectivity index (χ1n) is 8.30. The summed E-state index contributed by atoms with van der Waals surface area (Å²) in [5.41, 5.74) is 0.723. The summed E-state index contributed by atoms with van der Waals surface area (Å²) in [7, 11) is 0. The number of halogens is 2. The molecule has 0 saturated heterocycles. The number of hydrogen-bond acceptors (Lipinski definition) is 6. The van der Waals surface area contributed by atoms with Crippen LogP contribution in [0.25, 0.3) is 0 Å². The molecule has 0 bridgehead atoms. The van der Waals surface area contributed by atoms with E-state index in [9.17, 15) is 9.18 Å². The Hall–Kier alpha value is -2.25. The van der Waals surface area contributed by atoms with Crippen LogP contribution in [0, 0.1) is 5.82 Å². The summed E-state index contributed by atoms with van der Waals surface area (Å²) in [4.78, 5) is 21.6. The van der Waals surface area contributed by atoms with Crippen molar-refractivity contribution in [2.45, 2.75) is 39.3 Å². The number of esters is 1. The molecule has 0 amide bonds. The molecule has 2 heterocycles. The number of nitrogens with zero attached hydrogens (tertiary/aromatic N) is 2. The molecule has 0 saturated carbocycles. The Labute approximate surface area is 165 Å². The lowest BCUT2D eigenvalue weighted by Gasteiger charge is -2.30. The highest BCUT2D eigenvalue weighted by atomic mass is 35.5. The maximum atomic E-state index is 13.5. The minimum Gasteiger partial charge on any atom is -0.456 e. The van der Waals surface area contributed by atoms with E-state index in [4.69, 9.17) is 16.3 Å². The number of benzene rings is 1. The molecule has 0 spiro atoms. The molecule has 8 heteroatoms. The Bertz CT molecular complexity index is 933. The molecule has 3 rings (SSSR count). The van der Waals surface area contributed by atoms with E-state index in [-0.39, 0.29) is 5.02 Å². The molecule has 1 N–H and O–H groups in total. The van der Waals surface area contributed by atoms with Crippen molar-refractivity contribution >= 4 is 34.7 Å². The zero-order valence-electron chi connectivity index (χ0n) is 15.3. The fourth-order valence-electron chi connectivity index (χ4n) is 2.70. The predicted molar refractivity (Wildman–Crippen MR) is 104 cm³/mol. The third-order valence-corrected chi connectivity index (χ3v) is 4.87. The minimum absolute atomic E-state index is 0.210. The molecular formula is C19H19ClFN3O2S. The van der Waals surface area contributed by atoms with Crippen LogP contribution in [0.5, 0.6) is 0 Å². The van der Waals surface area contributed by atoms with Crippen molar-refractivity contribution in [3.05, 3.63) is 62.5 Å². The molecule has 5 nitrogen and oxygen atoms in total. The summed E-state index contributed by atoms with van der Waals surface area (Å²) >= 11 is 7.70. The van der Waals surface area contributed by atoms with Gasteiger partial charge in [-0.25, -0.2) is 19.2 Å². The van der Waals surface area contributed by atoms with Crippen molar-refractivity contribution in [1.29, 1.82) is 0 Å². The average molecular weight is 408 g/mol. The van der Waals surface area contributed by atoms with Crippen molar-refractivity contribution in [2.75, 3.05) is 0 Å². The molecule has 1 unspecified atom stereocenters. The van der Waals surface area contributed by atoms with E-state index in [1.54, 1.807) is 40.0 Å². The fourth-order valence-corrected chi connectivity index (χ4v) is 3.56. The first kappa shape index (κ1) is 19.5. The van der Waals surface area contributed by atoms with Crippen LogP contribution in [-0.2, 0) is 9.53 Å². The standard InChI is InChI=1S/C19H19ClFN3O2S/c1-10-14(18(25)26-19(2,3)4)15(12-6-5-11(21)9-13(12)20)24-16(23-10)17-22-7-8-27-17/h5-9,15H,1-4H3,(H,23,24). The Morgan fingerprint density at radius 3 is 2.70 bits per heavy atom. The number of carbonyl (C=O) groups is 1. The fraction of sp³-hybridized carbons (Fsp3) is 0.316. The van der Waals surface area contributed by atoms with Crippen LogP contribution >= 0.6 is 22.9 Å². The second-order valence-electron chi connectivity index (χ2n) is 7.04. The van der Waals surface area contributed by atoms with Crippen LogP contribution < -0.4 is 5.32 Å². The van der Waals surface area contributed by atoms with E-state index >= 15 is 0 Å². The van der Waals surface area contributed by atoms with Gasteiger partial charge in [-0.15, -0.1) is 11.3 Å². The second-order valence-corrected chi connectivity index (χ2v) is 8.34. The normalized spacial score (nSPS) is 17.4. The Morgan fingerprint density at radius 1 is 1.37 bits per heavy atom. The summed E-state index contributed by atoms with van der Waals surface area (Å²) in [6, 6.07) is 3.44. The number of allylic oxidation sites excluding steroid dienone is 1. The van der Waals surface area contributed by atoms with Gasteiger partial charge in [0, 0.05) is 16.6 Å². The summed E-state index contributed by atoms with van der Waals surface area (Å²) in [5, 5.41) is 5.94. The summed E-state index contributed by atoms with van der Waals surface area (Å²) in [6.45, 7) is 7.11. The molecule has 0 aliphatic carbocycles. The molecule has 27 heavy (non-hydrogen) atoms. The van der Waals surface area contributed by atoms with Gasteiger partial charge in [0.25, 0.3) is 0 Å². The van der Waals surface area contributed by atoms with Crippen LogP contribution in [0.3, 0.4) is 0 Å². The first-order valence-corrected chi connectivity index (χ1v) is 9.55. The Morgan fingerprint density at radius 2 is 2.11 bits per heavy atom. The van der Waals surface area contributed by atoms with Gasteiger partial charge in [-0.2, -0.15) is 0 Å². The van der Waals surface area contributed by atoms with E-state index in [1.165, 1.54) is 23.5 Å². The largest absolute Gasteiger partial charge is 0.456 e. The smallest absolute Gasteiger partial charge is 0.338 e. The van der Waals surface area contributed by atoms with Crippen LogP contribution in [0.15, 0.2) is 46.0 Å². The Balaban J connectivity index is 2.10. The first-order chi connectivity index (χ1) is 12.7. The van der Waals surface area contributed by atoms with Gasteiger partial charge in [-0.3, -0.25) is 0 Å². The van der Waals surface area contributed by atoms with Crippen LogP contribution in [0.4, 0.5) is 4.39 Å². The van der Waals surface area contributed by atoms with Gasteiger partial charge in [-0.1, -0.05) is 17.7 Å². The molecule has 0 radical (unpaired) electrons. The molecule has 1 aromatic carbocycles. The second kappa shape index (κ2) is 7.40. The SMILES string of the molecule is CC1=C(C(=O)OC(C)(C)C)C(c2ccc(F)cc2Cl)NC(c2nccs2)=N1. The van der Waals surface area contributed by atoms with Gasteiger partial charge in [0.15, 0.2) is 10.8 Å². The van der Waals surface area contributed by atoms with Crippen LogP contribution in [-0.4, -0.2) is 22.4 Å². The number of carbonyl (C=O) groups excluding carboxylic acids is 1. The van der Waals surface area contributed by atoms with Gasteiger partial charge < -0.3 is 10.1 Å². The van der Waals surface area contributed by atoms with E-state index in [1.807, 2.05) is 5.38 Å². The third kappa shape index (κ3) is 4.36. The molecule has 0 fully saturated rings. The number of aromatic nitrogens is 1. The molecule has 1 aromatic heterocycles. The molecule has 1 atom stereocenters. The molecule has 142 valence electrons. The number of nitrogens with one attached hydrogen (secondary N) is 1. The number of ether oxygens (including phenoxy) is 1. The van der Waals surface area contributed by atoms with E-state index < -0.39 is 23.4 Å². The van der Waals surface area contributed by atoms with Crippen LogP contribution in [0.1, 0.15) is 44.3 Å². The van der Waals surface area contributed by atoms with Gasteiger partial charge >= 0.3 is 5.97 Å². The lowest BCUT2D eigenvalue weighted by atomic mass is 9.95. The Kier molecular flexibility index (Phi) is 5.35. The van der Waals surface area contributed by atoms with Gasteiger partial charge in [0.1, 0.15) is 11.4 Å². The van der Waals surface area contributed by atoms with E-state index in [0.29, 0.717) is 27.7 Å². The number of thiazole rings is 1. The van der Waals surface area contributed by atoms with Gasteiger partial charge in [-0.05, 0) is 45.4 Å². The quantitative estimate of drug-likeness (QED) is 0.752. The highest BCUT2D eigenvalue weighted by Gasteiger charge is 2.34. The zero-order chi connectivity index (χ0) is 19.8. The van der Waals surface area contributed by atoms with Crippen molar-refractivity contribution in [3.8, 4) is 0 Å². The van der Waals surface area contributed by atoms with Gasteiger partial charge in [0.05, 0.1) is 17.3 Å². The molecule has 1 aliphatic heterocycles. The molecule has 2 aromatic rings. The molecular weight excluding hydrogens is 389 g/mol. The molecule has 1 aliphatic rings. The number of aliphatic imine (C=N–C) groups is 1. The highest BCUT2D eigenvalue weighted by molar-refractivity contribution is 7.11. The van der Waals surface area contributed by atoms with Crippen LogP contribution in [0.2, 0.25) is 5.02 Å². The van der Waals surface area contributed by atoms with Gasteiger partial charge in [0.2, 0.25) is 0 Å². The predicted octanol–water partition coefficient (Wildman–Crippen LogP) is 4.64. The average Bonchev–Trinajstić information content (AvgIpc) is 3.06. The summed E-state index contributed by atoms with van der Waals surface area (Å²) in [5.74, 6) is -0.423. The van der Waals surface area contributed by atoms with E-state index in [0.717, 1.165) is 0 Å². The minimum atomic E-state index is -0.666. The number of rotatable bonds is 3. The van der Waals surface area contributed by atoms with Crippen molar-refractivity contribution in [3.63, 3.8) is 0 Å². The third-order valence-electron chi connectivity index (χ3n) is 3.77. The number of amidine groups is 1.